The SMILES string of the molecule is Cc1ccc(NC(=O)Cc2nnc(S[C@H](C)C(=O)Nc3nccs3)n2C)c(C)c1. The Morgan fingerprint density at radius 1 is 1.24 bits per heavy atom. The van der Waals surface area contributed by atoms with E-state index in [1.54, 1.807) is 30.1 Å². The van der Waals surface area contributed by atoms with Crippen molar-refractivity contribution in [2.24, 2.45) is 7.05 Å². The number of rotatable bonds is 7. The van der Waals surface area contributed by atoms with Gasteiger partial charge in [-0.1, -0.05) is 29.5 Å². The number of hydrogen-bond acceptors (Lipinski definition) is 7. The van der Waals surface area contributed by atoms with Crippen LogP contribution in [0.15, 0.2) is 34.9 Å². The van der Waals surface area contributed by atoms with E-state index in [4.69, 9.17) is 0 Å². The molecule has 0 saturated carbocycles. The highest BCUT2D eigenvalue weighted by molar-refractivity contribution is 8.00. The Morgan fingerprint density at radius 2 is 2.03 bits per heavy atom. The van der Waals surface area contributed by atoms with Crippen LogP contribution >= 0.6 is 23.1 Å². The summed E-state index contributed by atoms with van der Waals surface area (Å²) in [6.45, 7) is 5.75. The molecule has 1 atom stereocenters. The van der Waals surface area contributed by atoms with E-state index in [0.717, 1.165) is 16.8 Å². The van der Waals surface area contributed by atoms with Gasteiger partial charge in [0.15, 0.2) is 10.3 Å². The molecule has 2 N–H and O–H groups in total. The first-order valence-corrected chi connectivity index (χ1v) is 10.7. The number of amides is 2. The summed E-state index contributed by atoms with van der Waals surface area (Å²) in [5, 5.41) is 16.4. The fourth-order valence-corrected chi connectivity index (χ4v) is 3.96. The Morgan fingerprint density at radius 3 is 2.72 bits per heavy atom. The van der Waals surface area contributed by atoms with Crippen molar-refractivity contribution in [1.29, 1.82) is 0 Å². The molecule has 0 bridgehead atoms. The first kappa shape index (κ1) is 21.0. The number of anilines is 2. The molecule has 2 heterocycles. The van der Waals surface area contributed by atoms with Crippen LogP contribution in [0, 0.1) is 13.8 Å². The molecule has 2 aromatic heterocycles. The monoisotopic (exact) mass is 430 g/mol. The molecule has 10 heteroatoms. The van der Waals surface area contributed by atoms with Gasteiger partial charge >= 0.3 is 0 Å². The zero-order valence-electron chi connectivity index (χ0n) is 16.6. The number of aromatic nitrogens is 4. The summed E-state index contributed by atoms with van der Waals surface area (Å²) in [5.74, 6) is 0.197. The summed E-state index contributed by atoms with van der Waals surface area (Å²) in [4.78, 5) is 28.7. The van der Waals surface area contributed by atoms with Gasteiger partial charge < -0.3 is 15.2 Å². The lowest BCUT2D eigenvalue weighted by molar-refractivity contribution is -0.116. The third kappa shape index (κ3) is 5.42. The zero-order chi connectivity index (χ0) is 21.0. The number of aryl methyl sites for hydroxylation is 2. The van der Waals surface area contributed by atoms with Gasteiger partial charge in [-0.2, -0.15) is 0 Å². The van der Waals surface area contributed by atoms with E-state index in [1.165, 1.54) is 23.1 Å². The molecule has 2 amide bonds. The predicted octanol–water partition coefficient (Wildman–Crippen LogP) is 3.19. The molecular weight excluding hydrogens is 408 g/mol. The van der Waals surface area contributed by atoms with Crippen LogP contribution in [0.2, 0.25) is 0 Å². The largest absolute Gasteiger partial charge is 0.325 e. The van der Waals surface area contributed by atoms with Crippen LogP contribution in [0.5, 0.6) is 0 Å². The molecular formula is C19H22N6O2S2. The first-order chi connectivity index (χ1) is 13.8. The van der Waals surface area contributed by atoms with Crippen molar-refractivity contribution >= 4 is 45.7 Å². The lowest BCUT2D eigenvalue weighted by atomic mass is 10.1. The van der Waals surface area contributed by atoms with E-state index in [0.29, 0.717) is 16.1 Å². The number of thioether (sulfide) groups is 1. The maximum Gasteiger partial charge on any atom is 0.239 e. The highest BCUT2D eigenvalue weighted by atomic mass is 32.2. The zero-order valence-corrected chi connectivity index (χ0v) is 18.2. The Hall–Kier alpha value is -2.72. The molecule has 8 nitrogen and oxygen atoms in total. The van der Waals surface area contributed by atoms with Crippen LogP contribution in [0.3, 0.4) is 0 Å². The highest BCUT2D eigenvalue weighted by Crippen LogP contribution is 2.23. The van der Waals surface area contributed by atoms with E-state index < -0.39 is 5.25 Å². The molecule has 0 aliphatic rings. The second-order valence-electron chi connectivity index (χ2n) is 6.59. The molecule has 0 spiro atoms. The number of carbonyl (C=O) groups excluding carboxylic acids is 2. The highest BCUT2D eigenvalue weighted by Gasteiger charge is 2.20. The number of benzene rings is 1. The summed E-state index contributed by atoms with van der Waals surface area (Å²) < 4.78 is 1.74. The summed E-state index contributed by atoms with van der Waals surface area (Å²) in [6, 6.07) is 5.87. The molecule has 0 saturated heterocycles. The minimum absolute atomic E-state index is 0.0943. The minimum Gasteiger partial charge on any atom is -0.325 e. The molecule has 1 aromatic carbocycles. The van der Waals surface area contributed by atoms with Gasteiger partial charge in [-0.3, -0.25) is 9.59 Å². The van der Waals surface area contributed by atoms with Gasteiger partial charge in [-0.05, 0) is 32.4 Å². The molecule has 0 radical (unpaired) electrons. The fraction of sp³-hybridized carbons (Fsp3) is 0.316. The Balaban J connectivity index is 1.59. The average molecular weight is 431 g/mol. The van der Waals surface area contributed by atoms with Crippen LogP contribution < -0.4 is 10.6 Å². The lowest BCUT2D eigenvalue weighted by Crippen LogP contribution is -2.22. The number of nitrogens with one attached hydrogen (secondary N) is 2. The van der Waals surface area contributed by atoms with Crippen LogP contribution in [-0.4, -0.2) is 36.8 Å². The van der Waals surface area contributed by atoms with Gasteiger partial charge in [0.25, 0.3) is 0 Å². The number of carbonyl (C=O) groups is 2. The lowest BCUT2D eigenvalue weighted by Gasteiger charge is -2.11. The predicted molar refractivity (Wildman–Crippen MR) is 115 cm³/mol. The van der Waals surface area contributed by atoms with E-state index in [9.17, 15) is 9.59 Å². The first-order valence-electron chi connectivity index (χ1n) is 8.96. The van der Waals surface area contributed by atoms with Gasteiger partial charge in [0.2, 0.25) is 11.8 Å². The van der Waals surface area contributed by atoms with Gasteiger partial charge in [-0.25, -0.2) is 4.98 Å². The maximum absolute atomic E-state index is 12.4. The molecule has 152 valence electrons. The second kappa shape index (κ2) is 9.19. The summed E-state index contributed by atoms with van der Waals surface area (Å²) in [5.41, 5.74) is 2.93. The number of thiazole rings is 1. The Labute approximate surface area is 177 Å². The summed E-state index contributed by atoms with van der Waals surface area (Å²) >= 11 is 2.64. The van der Waals surface area contributed by atoms with Crippen molar-refractivity contribution in [2.45, 2.75) is 37.6 Å². The van der Waals surface area contributed by atoms with Crippen molar-refractivity contribution in [3.8, 4) is 0 Å². The van der Waals surface area contributed by atoms with Crippen LogP contribution in [-0.2, 0) is 23.1 Å². The Bertz CT molecular complexity index is 1020. The van der Waals surface area contributed by atoms with E-state index in [-0.39, 0.29) is 18.2 Å². The molecule has 0 aliphatic carbocycles. The standard InChI is InChI=1S/C19H22N6O2S2/c1-11-5-6-14(12(2)9-11)21-16(26)10-15-23-24-19(25(15)4)29-13(3)17(27)22-18-20-7-8-28-18/h5-9,13H,10H2,1-4H3,(H,21,26)(H,20,22,27)/t13-/m1/s1. The molecule has 3 aromatic rings. The maximum atomic E-state index is 12.4. The number of hydrogen-bond donors (Lipinski definition) is 2. The molecule has 0 unspecified atom stereocenters. The summed E-state index contributed by atoms with van der Waals surface area (Å²) in [6.07, 6.45) is 1.73. The van der Waals surface area contributed by atoms with Gasteiger partial charge in [0, 0.05) is 24.3 Å². The third-order valence-corrected chi connectivity index (χ3v) is 6.04. The smallest absolute Gasteiger partial charge is 0.239 e. The second-order valence-corrected chi connectivity index (χ2v) is 8.79. The van der Waals surface area contributed by atoms with Crippen LogP contribution in [0.4, 0.5) is 10.8 Å². The van der Waals surface area contributed by atoms with E-state index in [2.05, 4.69) is 25.8 Å². The topological polar surface area (TPSA) is 102 Å². The number of nitrogens with zero attached hydrogens (tertiary/aromatic N) is 4. The van der Waals surface area contributed by atoms with E-state index in [1.807, 2.05) is 32.0 Å². The minimum atomic E-state index is -0.390. The molecule has 0 aliphatic heterocycles. The van der Waals surface area contributed by atoms with Gasteiger partial charge in [0.05, 0.1) is 11.7 Å². The van der Waals surface area contributed by atoms with Crippen molar-refractivity contribution in [2.75, 3.05) is 10.6 Å². The van der Waals surface area contributed by atoms with E-state index >= 15 is 0 Å². The quantitative estimate of drug-likeness (QED) is 0.558. The van der Waals surface area contributed by atoms with Crippen LogP contribution in [0.1, 0.15) is 23.9 Å². The van der Waals surface area contributed by atoms with Gasteiger partial charge in [-0.15, -0.1) is 21.5 Å². The van der Waals surface area contributed by atoms with Crippen molar-refractivity contribution in [3.05, 3.63) is 46.7 Å². The Kier molecular flexibility index (Phi) is 6.65. The van der Waals surface area contributed by atoms with Crippen molar-refractivity contribution < 1.29 is 9.59 Å². The molecule has 3 rings (SSSR count). The van der Waals surface area contributed by atoms with Gasteiger partial charge in [0.1, 0.15) is 5.82 Å². The molecule has 29 heavy (non-hydrogen) atoms. The molecule has 0 fully saturated rings. The third-order valence-electron chi connectivity index (χ3n) is 4.21. The average Bonchev–Trinajstić information content (AvgIpc) is 3.29. The van der Waals surface area contributed by atoms with Crippen molar-refractivity contribution in [3.63, 3.8) is 0 Å². The fourth-order valence-electron chi connectivity index (χ4n) is 2.60. The van der Waals surface area contributed by atoms with Crippen molar-refractivity contribution in [1.82, 2.24) is 19.7 Å². The normalized spacial score (nSPS) is 11.9. The van der Waals surface area contributed by atoms with Crippen LogP contribution in [0.25, 0.3) is 0 Å². The summed E-state index contributed by atoms with van der Waals surface area (Å²) in [7, 11) is 1.79.